The Kier molecular flexibility index (Phi) is 5.62. The first-order valence-corrected chi connectivity index (χ1v) is 5.78. The summed E-state index contributed by atoms with van der Waals surface area (Å²) in [5, 5.41) is 17.9. The molecule has 1 heterocycles. The van der Waals surface area contributed by atoms with Gasteiger partial charge in [-0.25, -0.2) is 0 Å². The van der Waals surface area contributed by atoms with Gasteiger partial charge in [-0.3, -0.25) is 9.80 Å². The summed E-state index contributed by atoms with van der Waals surface area (Å²) in [5.74, 6) is 0. The molecule has 86 valence electrons. The van der Waals surface area contributed by atoms with E-state index in [1.807, 2.05) is 0 Å². The van der Waals surface area contributed by atoms with E-state index >= 15 is 0 Å². The monoisotopic (exact) mass is 211 g/mol. The topological polar surface area (TPSA) is 50.5 Å². The summed E-state index contributed by atoms with van der Waals surface area (Å²) in [6.45, 7) is 7.02. The highest BCUT2D eigenvalue weighted by molar-refractivity contribution is 4.91. The van der Waals surface area contributed by atoms with Gasteiger partial charge in [-0.15, -0.1) is 0 Å². The van der Waals surface area contributed by atoms with E-state index in [1.54, 1.807) is 0 Å². The number of aliphatic hydroxyl groups excluding tert-OH is 1. The van der Waals surface area contributed by atoms with Crippen LogP contribution in [0.25, 0.3) is 0 Å². The Morgan fingerprint density at radius 1 is 1.33 bits per heavy atom. The fraction of sp³-hybridized carbons (Fsp3) is 0.909. The SMILES string of the molecule is CCC(C#N)N1CCCN(CCO)CC1. The summed E-state index contributed by atoms with van der Waals surface area (Å²) in [6.07, 6.45) is 1.99. The van der Waals surface area contributed by atoms with Gasteiger partial charge in [-0.2, -0.15) is 5.26 Å². The van der Waals surface area contributed by atoms with Gasteiger partial charge in [0.15, 0.2) is 0 Å². The zero-order valence-corrected chi connectivity index (χ0v) is 9.52. The second kappa shape index (κ2) is 6.78. The maximum Gasteiger partial charge on any atom is 0.0975 e. The molecule has 0 aromatic rings. The third-order valence-corrected chi connectivity index (χ3v) is 3.02. The number of nitriles is 1. The lowest BCUT2D eigenvalue weighted by molar-refractivity contribution is 0.191. The van der Waals surface area contributed by atoms with Crippen molar-refractivity contribution in [2.45, 2.75) is 25.8 Å². The predicted octanol–water partition coefficient (Wildman–Crippen LogP) is 0.289. The van der Waals surface area contributed by atoms with E-state index in [4.69, 9.17) is 10.4 Å². The second-order valence-electron chi connectivity index (χ2n) is 4.01. The van der Waals surface area contributed by atoms with E-state index in [-0.39, 0.29) is 12.6 Å². The minimum Gasteiger partial charge on any atom is -0.395 e. The first-order valence-electron chi connectivity index (χ1n) is 5.78. The average Bonchev–Trinajstić information content (AvgIpc) is 2.47. The zero-order valence-electron chi connectivity index (χ0n) is 9.52. The molecule has 1 atom stereocenters. The van der Waals surface area contributed by atoms with Crippen molar-refractivity contribution in [3.63, 3.8) is 0 Å². The Morgan fingerprint density at radius 2 is 2.13 bits per heavy atom. The molecular formula is C11H21N3O. The lowest BCUT2D eigenvalue weighted by Gasteiger charge is -2.24. The van der Waals surface area contributed by atoms with Gasteiger partial charge in [-0.05, 0) is 19.4 Å². The number of rotatable bonds is 4. The molecule has 1 aliphatic rings. The van der Waals surface area contributed by atoms with Crippen molar-refractivity contribution in [1.82, 2.24) is 9.80 Å². The molecule has 0 amide bonds. The Hall–Kier alpha value is -0.630. The standard InChI is InChI=1S/C11H21N3O/c1-2-11(10-12)14-5-3-4-13(6-7-14)8-9-15/h11,15H,2-9H2,1H3. The molecule has 1 unspecified atom stereocenters. The van der Waals surface area contributed by atoms with Crippen LogP contribution in [0.5, 0.6) is 0 Å². The third kappa shape index (κ3) is 3.78. The maximum atomic E-state index is 8.99. The van der Waals surface area contributed by atoms with Crippen molar-refractivity contribution in [3.8, 4) is 6.07 Å². The molecule has 0 bridgehead atoms. The van der Waals surface area contributed by atoms with Gasteiger partial charge in [0.1, 0.15) is 0 Å². The lowest BCUT2D eigenvalue weighted by atomic mass is 10.2. The summed E-state index contributed by atoms with van der Waals surface area (Å²) in [4.78, 5) is 4.53. The minimum absolute atomic E-state index is 0.0686. The summed E-state index contributed by atoms with van der Waals surface area (Å²) in [5.41, 5.74) is 0. The van der Waals surface area contributed by atoms with Crippen LogP contribution < -0.4 is 0 Å². The van der Waals surface area contributed by atoms with Crippen LogP contribution in [0.2, 0.25) is 0 Å². The first kappa shape index (κ1) is 12.4. The van der Waals surface area contributed by atoms with E-state index in [0.717, 1.165) is 45.6 Å². The Bertz CT molecular complexity index is 214. The van der Waals surface area contributed by atoms with Gasteiger partial charge in [0.2, 0.25) is 0 Å². The number of nitrogens with zero attached hydrogens (tertiary/aromatic N) is 3. The third-order valence-electron chi connectivity index (χ3n) is 3.02. The Balaban J connectivity index is 2.41. The van der Waals surface area contributed by atoms with E-state index in [2.05, 4.69) is 22.8 Å². The van der Waals surface area contributed by atoms with Crippen LogP contribution in [0.1, 0.15) is 19.8 Å². The molecule has 4 heteroatoms. The fourth-order valence-electron chi connectivity index (χ4n) is 2.10. The van der Waals surface area contributed by atoms with Gasteiger partial charge >= 0.3 is 0 Å². The van der Waals surface area contributed by atoms with Gasteiger partial charge in [0.25, 0.3) is 0 Å². The summed E-state index contributed by atoms with van der Waals surface area (Å²) >= 11 is 0. The van der Waals surface area contributed by atoms with Gasteiger partial charge < -0.3 is 5.11 Å². The summed E-state index contributed by atoms with van der Waals surface area (Å²) in [7, 11) is 0. The molecule has 0 spiro atoms. The number of hydrogen-bond acceptors (Lipinski definition) is 4. The molecule has 0 aromatic heterocycles. The van der Waals surface area contributed by atoms with Crippen LogP contribution in [0, 0.1) is 11.3 Å². The highest BCUT2D eigenvalue weighted by Crippen LogP contribution is 2.08. The van der Waals surface area contributed by atoms with Crippen LogP contribution in [-0.4, -0.2) is 60.3 Å². The zero-order chi connectivity index (χ0) is 11.1. The van der Waals surface area contributed by atoms with Crippen LogP contribution in [0.3, 0.4) is 0 Å². The van der Waals surface area contributed by atoms with Crippen molar-refractivity contribution in [3.05, 3.63) is 0 Å². The average molecular weight is 211 g/mol. The van der Waals surface area contributed by atoms with Gasteiger partial charge in [0.05, 0.1) is 18.7 Å². The van der Waals surface area contributed by atoms with Crippen LogP contribution in [-0.2, 0) is 0 Å². The van der Waals surface area contributed by atoms with Crippen molar-refractivity contribution >= 4 is 0 Å². The van der Waals surface area contributed by atoms with Crippen molar-refractivity contribution in [2.24, 2.45) is 0 Å². The van der Waals surface area contributed by atoms with E-state index in [0.29, 0.717) is 0 Å². The fourth-order valence-corrected chi connectivity index (χ4v) is 2.10. The molecule has 0 radical (unpaired) electrons. The molecule has 4 nitrogen and oxygen atoms in total. The molecule has 1 rings (SSSR count). The molecule has 1 aliphatic heterocycles. The molecular weight excluding hydrogens is 190 g/mol. The lowest BCUT2D eigenvalue weighted by Crippen LogP contribution is -2.37. The summed E-state index contributed by atoms with van der Waals surface area (Å²) < 4.78 is 0. The minimum atomic E-state index is 0.0686. The van der Waals surface area contributed by atoms with Crippen molar-refractivity contribution in [2.75, 3.05) is 39.3 Å². The number of aliphatic hydroxyl groups is 1. The quantitative estimate of drug-likeness (QED) is 0.726. The molecule has 15 heavy (non-hydrogen) atoms. The summed E-state index contributed by atoms with van der Waals surface area (Å²) in [6, 6.07) is 2.42. The van der Waals surface area contributed by atoms with Crippen molar-refractivity contribution < 1.29 is 5.11 Å². The number of β-amino-alcohol motifs (C(OH)–C–C–N with tert-alkyl or cyclic N) is 1. The molecule has 0 aromatic carbocycles. The Labute approximate surface area is 92.1 Å². The van der Waals surface area contributed by atoms with Crippen LogP contribution in [0.15, 0.2) is 0 Å². The van der Waals surface area contributed by atoms with E-state index in [1.165, 1.54) is 0 Å². The first-order chi connectivity index (χ1) is 7.31. The smallest absolute Gasteiger partial charge is 0.0975 e. The van der Waals surface area contributed by atoms with Crippen LogP contribution >= 0.6 is 0 Å². The normalized spacial score (nSPS) is 21.9. The van der Waals surface area contributed by atoms with Crippen LogP contribution in [0.4, 0.5) is 0 Å². The molecule has 0 aliphatic carbocycles. The highest BCUT2D eigenvalue weighted by atomic mass is 16.3. The molecule has 1 N–H and O–H groups in total. The molecule has 1 saturated heterocycles. The predicted molar refractivity (Wildman–Crippen MR) is 59.4 cm³/mol. The maximum absolute atomic E-state index is 8.99. The largest absolute Gasteiger partial charge is 0.395 e. The Morgan fingerprint density at radius 3 is 2.73 bits per heavy atom. The highest BCUT2D eigenvalue weighted by Gasteiger charge is 2.19. The van der Waals surface area contributed by atoms with Crippen molar-refractivity contribution in [1.29, 1.82) is 5.26 Å². The van der Waals surface area contributed by atoms with E-state index < -0.39 is 0 Å². The molecule has 1 fully saturated rings. The van der Waals surface area contributed by atoms with E-state index in [9.17, 15) is 0 Å². The number of hydrogen-bond donors (Lipinski definition) is 1. The van der Waals surface area contributed by atoms with Gasteiger partial charge in [-0.1, -0.05) is 6.92 Å². The molecule has 0 saturated carbocycles. The second-order valence-corrected chi connectivity index (χ2v) is 4.01. The van der Waals surface area contributed by atoms with Gasteiger partial charge in [0, 0.05) is 26.2 Å².